The van der Waals surface area contributed by atoms with Gasteiger partial charge in [-0.15, -0.1) is 0 Å². The van der Waals surface area contributed by atoms with Crippen LogP contribution in [0.1, 0.15) is 50.7 Å². The zero-order valence-corrected chi connectivity index (χ0v) is 11.6. The van der Waals surface area contributed by atoms with Crippen LogP contribution in [0.25, 0.3) is 0 Å². The Labute approximate surface area is 115 Å². The summed E-state index contributed by atoms with van der Waals surface area (Å²) in [6, 6.07) is 6.48. The Kier molecular flexibility index (Phi) is 5.34. The largest absolute Gasteiger partial charge is 0.369 e. The molecular formula is C16H24FNO. The summed E-state index contributed by atoms with van der Waals surface area (Å²) in [6.07, 6.45) is 6.23. The van der Waals surface area contributed by atoms with E-state index < -0.39 is 0 Å². The zero-order chi connectivity index (χ0) is 13.7. The molecule has 1 aliphatic rings. The van der Waals surface area contributed by atoms with Crippen LogP contribution in [-0.4, -0.2) is 12.6 Å². The van der Waals surface area contributed by atoms with Crippen LogP contribution < -0.4 is 5.73 Å². The summed E-state index contributed by atoms with van der Waals surface area (Å²) >= 11 is 0. The Bertz CT molecular complexity index is 379. The quantitative estimate of drug-likeness (QED) is 0.878. The predicted octanol–water partition coefficient (Wildman–Crippen LogP) is 3.81. The van der Waals surface area contributed by atoms with Crippen LogP contribution in [0.15, 0.2) is 24.3 Å². The molecule has 0 bridgehead atoms. The van der Waals surface area contributed by atoms with E-state index in [1.54, 1.807) is 12.1 Å². The van der Waals surface area contributed by atoms with Gasteiger partial charge in [-0.25, -0.2) is 4.39 Å². The van der Waals surface area contributed by atoms with Crippen LogP contribution in [0.5, 0.6) is 0 Å². The summed E-state index contributed by atoms with van der Waals surface area (Å²) < 4.78 is 19.1. The fourth-order valence-corrected chi connectivity index (χ4v) is 2.92. The van der Waals surface area contributed by atoms with E-state index in [0.29, 0.717) is 12.6 Å². The van der Waals surface area contributed by atoms with Crippen molar-refractivity contribution in [1.82, 2.24) is 0 Å². The van der Waals surface area contributed by atoms with Gasteiger partial charge < -0.3 is 10.5 Å². The first kappa shape index (κ1) is 14.5. The molecule has 1 aromatic rings. The van der Waals surface area contributed by atoms with Gasteiger partial charge >= 0.3 is 0 Å². The van der Waals surface area contributed by atoms with Crippen molar-refractivity contribution >= 4 is 0 Å². The number of hydrogen-bond donors (Lipinski definition) is 1. The lowest BCUT2D eigenvalue weighted by molar-refractivity contribution is -0.0382. The summed E-state index contributed by atoms with van der Waals surface area (Å²) in [7, 11) is 0. The van der Waals surface area contributed by atoms with Gasteiger partial charge in [0, 0.05) is 6.54 Å². The first-order chi connectivity index (χ1) is 9.22. The maximum atomic E-state index is 12.9. The Morgan fingerprint density at radius 3 is 2.68 bits per heavy atom. The van der Waals surface area contributed by atoms with Crippen LogP contribution in [0, 0.1) is 11.7 Å². The van der Waals surface area contributed by atoms with E-state index in [9.17, 15) is 4.39 Å². The molecule has 0 radical (unpaired) electrons. The van der Waals surface area contributed by atoms with Crippen molar-refractivity contribution < 1.29 is 9.13 Å². The summed E-state index contributed by atoms with van der Waals surface area (Å²) in [5.41, 5.74) is 6.78. The molecule has 3 atom stereocenters. The first-order valence-electron chi connectivity index (χ1n) is 7.34. The van der Waals surface area contributed by atoms with Crippen LogP contribution >= 0.6 is 0 Å². The van der Waals surface area contributed by atoms with Crippen molar-refractivity contribution in [3.8, 4) is 0 Å². The number of benzene rings is 1. The number of rotatable bonds is 5. The molecule has 2 rings (SSSR count). The van der Waals surface area contributed by atoms with Crippen molar-refractivity contribution in [2.24, 2.45) is 11.7 Å². The molecule has 3 unspecified atom stereocenters. The average molecular weight is 265 g/mol. The van der Waals surface area contributed by atoms with E-state index in [4.69, 9.17) is 10.5 Å². The van der Waals surface area contributed by atoms with E-state index in [1.807, 2.05) is 0 Å². The lowest BCUT2D eigenvalue weighted by Crippen LogP contribution is -2.27. The second-order valence-electron chi connectivity index (χ2n) is 5.47. The summed E-state index contributed by atoms with van der Waals surface area (Å²) in [6.45, 7) is 2.69. The highest BCUT2D eigenvalue weighted by molar-refractivity contribution is 5.19. The molecule has 3 heteroatoms. The molecule has 0 amide bonds. The van der Waals surface area contributed by atoms with Crippen LogP contribution in [0.2, 0.25) is 0 Å². The molecule has 1 aromatic carbocycles. The van der Waals surface area contributed by atoms with E-state index in [-0.39, 0.29) is 11.9 Å². The van der Waals surface area contributed by atoms with Gasteiger partial charge in [0.15, 0.2) is 0 Å². The van der Waals surface area contributed by atoms with Crippen LogP contribution in [0.3, 0.4) is 0 Å². The molecule has 0 heterocycles. The summed E-state index contributed by atoms with van der Waals surface area (Å²) in [5.74, 6) is 0.564. The fraction of sp³-hybridized carbons (Fsp3) is 0.625. The molecular weight excluding hydrogens is 241 g/mol. The second kappa shape index (κ2) is 7.01. The summed E-state index contributed by atoms with van der Waals surface area (Å²) in [4.78, 5) is 0. The lowest BCUT2D eigenvalue weighted by Gasteiger charge is -2.31. The van der Waals surface area contributed by atoms with E-state index in [0.717, 1.165) is 24.3 Å². The maximum absolute atomic E-state index is 12.9. The third-order valence-electron chi connectivity index (χ3n) is 4.12. The van der Waals surface area contributed by atoms with E-state index >= 15 is 0 Å². The van der Waals surface area contributed by atoms with Gasteiger partial charge in [-0.1, -0.05) is 38.3 Å². The van der Waals surface area contributed by atoms with Gasteiger partial charge in [-0.3, -0.25) is 0 Å². The maximum Gasteiger partial charge on any atom is 0.123 e. The van der Waals surface area contributed by atoms with Crippen molar-refractivity contribution in [1.29, 1.82) is 0 Å². The van der Waals surface area contributed by atoms with Gasteiger partial charge in [0.05, 0.1) is 12.2 Å². The average Bonchev–Trinajstić information content (AvgIpc) is 2.46. The highest BCUT2D eigenvalue weighted by atomic mass is 19.1. The topological polar surface area (TPSA) is 35.2 Å². The number of hydrogen-bond acceptors (Lipinski definition) is 2. The molecule has 1 fully saturated rings. The van der Waals surface area contributed by atoms with E-state index in [1.165, 1.54) is 31.4 Å². The van der Waals surface area contributed by atoms with Crippen molar-refractivity contribution in [3.63, 3.8) is 0 Å². The lowest BCUT2D eigenvalue weighted by atomic mass is 9.85. The van der Waals surface area contributed by atoms with Crippen LogP contribution in [-0.2, 0) is 4.74 Å². The molecule has 1 aliphatic carbocycles. The minimum Gasteiger partial charge on any atom is -0.369 e. The minimum atomic E-state index is -0.219. The van der Waals surface area contributed by atoms with Gasteiger partial charge in [0.1, 0.15) is 5.82 Å². The third kappa shape index (κ3) is 4.02. The Morgan fingerprint density at radius 1 is 1.32 bits per heavy atom. The number of halogens is 1. The third-order valence-corrected chi connectivity index (χ3v) is 4.12. The number of nitrogens with two attached hydrogens (primary N) is 1. The van der Waals surface area contributed by atoms with Gasteiger partial charge in [-0.05, 0) is 36.5 Å². The van der Waals surface area contributed by atoms with Crippen LogP contribution in [0.4, 0.5) is 4.39 Å². The molecule has 0 saturated heterocycles. The van der Waals surface area contributed by atoms with Gasteiger partial charge in [0.2, 0.25) is 0 Å². The normalized spacial score (nSPS) is 25.2. The monoisotopic (exact) mass is 265 g/mol. The van der Waals surface area contributed by atoms with E-state index in [2.05, 4.69) is 6.92 Å². The molecule has 0 aliphatic heterocycles. The molecule has 2 N–H and O–H groups in total. The molecule has 1 saturated carbocycles. The molecule has 2 nitrogen and oxygen atoms in total. The van der Waals surface area contributed by atoms with Gasteiger partial charge in [0.25, 0.3) is 0 Å². The molecule has 0 aromatic heterocycles. The molecule has 106 valence electrons. The highest BCUT2D eigenvalue weighted by Crippen LogP contribution is 2.31. The van der Waals surface area contributed by atoms with Crippen molar-refractivity contribution in [2.45, 2.75) is 51.2 Å². The minimum absolute atomic E-state index is 0.110. The second-order valence-corrected chi connectivity index (χ2v) is 5.47. The Hall–Kier alpha value is -0.930. The van der Waals surface area contributed by atoms with Crippen molar-refractivity contribution in [2.75, 3.05) is 6.54 Å². The standard InChI is InChI=1S/C16H24FNO/c1-2-12-4-3-5-15(10-12)19-16(11-18)13-6-8-14(17)9-7-13/h6-9,12,15-16H,2-5,10-11,18H2,1H3. The smallest absolute Gasteiger partial charge is 0.123 e. The Balaban J connectivity index is 1.96. The predicted molar refractivity (Wildman–Crippen MR) is 75.3 cm³/mol. The molecule has 19 heavy (non-hydrogen) atoms. The Morgan fingerprint density at radius 2 is 2.05 bits per heavy atom. The van der Waals surface area contributed by atoms with Crippen molar-refractivity contribution in [3.05, 3.63) is 35.6 Å². The van der Waals surface area contributed by atoms with Gasteiger partial charge in [-0.2, -0.15) is 0 Å². The highest BCUT2D eigenvalue weighted by Gasteiger charge is 2.24. The summed E-state index contributed by atoms with van der Waals surface area (Å²) in [5, 5.41) is 0. The SMILES string of the molecule is CCC1CCCC(OC(CN)c2ccc(F)cc2)C1. The zero-order valence-electron chi connectivity index (χ0n) is 11.6. The first-order valence-corrected chi connectivity index (χ1v) is 7.34. The number of ether oxygens (including phenoxy) is 1. The fourth-order valence-electron chi connectivity index (χ4n) is 2.92. The molecule has 0 spiro atoms.